The van der Waals surface area contributed by atoms with E-state index in [1.54, 1.807) is 10.4 Å². The molecule has 1 saturated heterocycles. The van der Waals surface area contributed by atoms with Crippen LogP contribution in [0.1, 0.15) is 23.8 Å². The minimum Gasteiger partial charge on any atom is -0.326 e. The van der Waals surface area contributed by atoms with Crippen LogP contribution in [0, 0.1) is 6.92 Å². The van der Waals surface area contributed by atoms with Crippen molar-refractivity contribution in [3.8, 4) is 0 Å². The molecule has 1 atom stereocenters. The van der Waals surface area contributed by atoms with Gasteiger partial charge in [0.05, 0.1) is 0 Å². The van der Waals surface area contributed by atoms with Crippen molar-refractivity contribution < 1.29 is 8.42 Å². The average Bonchev–Trinajstić information content (AvgIpc) is 2.81. The maximum absolute atomic E-state index is 12.7. The van der Waals surface area contributed by atoms with Gasteiger partial charge >= 0.3 is 0 Å². The zero-order chi connectivity index (χ0) is 14.9. The van der Waals surface area contributed by atoms with Gasteiger partial charge in [-0.05, 0) is 32.0 Å². The third kappa shape index (κ3) is 2.92. The van der Waals surface area contributed by atoms with Crippen LogP contribution in [-0.4, -0.2) is 50.3 Å². The number of thiophene rings is 1. The molecule has 7 heteroatoms. The summed E-state index contributed by atoms with van der Waals surface area (Å²) in [4.78, 5) is 3.18. The molecule has 0 radical (unpaired) electrons. The number of piperazine rings is 1. The quantitative estimate of drug-likeness (QED) is 0.907. The summed E-state index contributed by atoms with van der Waals surface area (Å²) >= 11 is 1.30. The molecular weight excluding hydrogens is 294 g/mol. The summed E-state index contributed by atoms with van der Waals surface area (Å²) in [7, 11) is -1.32. The number of sulfonamides is 1. The molecule has 0 bridgehead atoms. The average molecular weight is 317 g/mol. The first kappa shape index (κ1) is 15.9. The molecule has 1 unspecified atom stereocenters. The number of aryl methyl sites for hydroxylation is 1. The maximum atomic E-state index is 12.7. The first-order valence-corrected chi connectivity index (χ1v) is 9.15. The molecule has 0 aliphatic carbocycles. The molecule has 0 amide bonds. The van der Waals surface area contributed by atoms with E-state index in [-0.39, 0.29) is 0 Å². The maximum Gasteiger partial charge on any atom is 0.252 e. The zero-order valence-electron chi connectivity index (χ0n) is 12.3. The summed E-state index contributed by atoms with van der Waals surface area (Å²) in [6.07, 6.45) is 0.958. The Bertz CT molecular complexity index is 568. The van der Waals surface area contributed by atoms with Crippen molar-refractivity contribution in [3.63, 3.8) is 0 Å². The Hall–Kier alpha value is -0.470. The number of rotatable bonds is 4. The third-order valence-electron chi connectivity index (χ3n) is 3.99. The van der Waals surface area contributed by atoms with Crippen LogP contribution < -0.4 is 5.73 Å². The van der Waals surface area contributed by atoms with E-state index >= 15 is 0 Å². The van der Waals surface area contributed by atoms with E-state index in [0.29, 0.717) is 29.9 Å². The fourth-order valence-corrected chi connectivity index (χ4v) is 5.61. The highest BCUT2D eigenvalue weighted by Crippen LogP contribution is 2.29. The van der Waals surface area contributed by atoms with Gasteiger partial charge in [-0.1, -0.05) is 6.92 Å². The van der Waals surface area contributed by atoms with Crippen LogP contribution in [0.15, 0.2) is 10.3 Å². The van der Waals surface area contributed by atoms with Crippen molar-refractivity contribution in [2.75, 3.05) is 26.7 Å². The molecule has 0 aromatic carbocycles. The molecule has 5 nitrogen and oxygen atoms in total. The van der Waals surface area contributed by atoms with Crippen molar-refractivity contribution >= 4 is 21.4 Å². The predicted molar refractivity (Wildman–Crippen MR) is 82.4 cm³/mol. The third-order valence-corrected chi connectivity index (χ3v) is 7.56. The molecule has 1 aromatic heterocycles. The minimum atomic E-state index is -3.37. The van der Waals surface area contributed by atoms with Gasteiger partial charge in [-0.3, -0.25) is 0 Å². The van der Waals surface area contributed by atoms with Crippen molar-refractivity contribution in [1.82, 2.24) is 9.21 Å². The lowest BCUT2D eigenvalue weighted by Gasteiger charge is -2.38. The highest BCUT2D eigenvalue weighted by molar-refractivity contribution is 7.91. The van der Waals surface area contributed by atoms with Gasteiger partial charge in [0.2, 0.25) is 0 Å². The van der Waals surface area contributed by atoms with Crippen molar-refractivity contribution in [2.45, 2.75) is 37.1 Å². The summed E-state index contributed by atoms with van der Waals surface area (Å²) in [5.74, 6) is 0. The number of nitrogens with two attached hydrogens (primary N) is 1. The Balaban J connectivity index is 2.25. The molecule has 1 aliphatic rings. The smallest absolute Gasteiger partial charge is 0.252 e. The minimum absolute atomic E-state index is 0.300. The second kappa shape index (κ2) is 6.11. The van der Waals surface area contributed by atoms with E-state index in [1.807, 2.05) is 6.92 Å². The Morgan fingerprint density at radius 1 is 1.45 bits per heavy atom. The van der Waals surface area contributed by atoms with Crippen molar-refractivity contribution in [1.29, 1.82) is 0 Å². The van der Waals surface area contributed by atoms with E-state index in [4.69, 9.17) is 5.73 Å². The Kier molecular flexibility index (Phi) is 4.86. The molecule has 2 rings (SSSR count). The Morgan fingerprint density at radius 3 is 2.70 bits per heavy atom. The first-order valence-electron chi connectivity index (χ1n) is 6.90. The Labute approximate surface area is 125 Å². The fourth-order valence-electron chi connectivity index (χ4n) is 2.52. The summed E-state index contributed by atoms with van der Waals surface area (Å²) in [6.45, 7) is 6.32. The van der Waals surface area contributed by atoms with E-state index in [0.717, 1.165) is 23.4 Å². The molecule has 1 aromatic rings. The second-order valence-electron chi connectivity index (χ2n) is 5.28. The van der Waals surface area contributed by atoms with E-state index in [2.05, 4.69) is 18.9 Å². The zero-order valence-corrected chi connectivity index (χ0v) is 13.9. The highest BCUT2D eigenvalue weighted by Gasteiger charge is 2.33. The standard InChI is InChI=1S/C13H23N3O2S2/c1-4-11-9-16(6-5-15(11)3)20(17,18)13-7-10(2)12(8-14)19-13/h7,11H,4-6,8-9,14H2,1-3H3. The number of likely N-dealkylation sites (N-methyl/N-ethyl adjacent to an activating group) is 1. The molecular formula is C13H23N3O2S2. The molecule has 2 N–H and O–H groups in total. The number of hydrogen-bond donors (Lipinski definition) is 1. The van der Waals surface area contributed by atoms with E-state index in [1.165, 1.54) is 11.3 Å². The SMILES string of the molecule is CCC1CN(S(=O)(=O)c2cc(C)c(CN)s2)CCN1C. The first-order chi connectivity index (χ1) is 9.40. The van der Waals surface area contributed by atoms with Crippen LogP contribution in [0.25, 0.3) is 0 Å². The van der Waals surface area contributed by atoms with Gasteiger partial charge in [0.1, 0.15) is 4.21 Å². The molecule has 0 spiro atoms. The van der Waals surface area contributed by atoms with Crippen LogP contribution in [0.4, 0.5) is 0 Å². The van der Waals surface area contributed by atoms with Gasteiger partial charge in [-0.2, -0.15) is 4.31 Å². The molecule has 1 fully saturated rings. The van der Waals surface area contributed by atoms with Crippen LogP contribution in [-0.2, 0) is 16.6 Å². The fraction of sp³-hybridized carbons (Fsp3) is 0.692. The van der Waals surface area contributed by atoms with Gasteiger partial charge in [0.25, 0.3) is 10.0 Å². The van der Waals surface area contributed by atoms with Gasteiger partial charge in [-0.25, -0.2) is 8.42 Å². The van der Waals surface area contributed by atoms with Crippen molar-refractivity contribution in [3.05, 3.63) is 16.5 Å². The van der Waals surface area contributed by atoms with E-state index in [9.17, 15) is 8.42 Å². The topological polar surface area (TPSA) is 66.6 Å². The largest absolute Gasteiger partial charge is 0.326 e. The van der Waals surface area contributed by atoms with E-state index < -0.39 is 10.0 Å². The molecule has 114 valence electrons. The van der Waals surface area contributed by atoms with Gasteiger partial charge < -0.3 is 10.6 Å². The summed E-state index contributed by atoms with van der Waals surface area (Å²) in [5.41, 5.74) is 6.61. The summed E-state index contributed by atoms with van der Waals surface area (Å²) < 4.78 is 27.5. The molecule has 0 saturated carbocycles. The second-order valence-corrected chi connectivity index (χ2v) is 8.58. The lowest BCUT2D eigenvalue weighted by molar-refractivity contribution is 0.144. The predicted octanol–water partition coefficient (Wildman–Crippen LogP) is 1.23. The molecule has 1 aliphatic heterocycles. The summed E-state index contributed by atoms with van der Waals surface area (Å²) in [6, 6.07) is 2.05. The monoisotopic (exact) mass is 317 g/mol. The number of nitrogens with zero attached hydrogens (tertiary/aromatic N) is 2. The lowest BCUT2D eigenvalue weighted by Crippen LogP contribution is -2.52. The molecule has 2 heterocycles. The Morgan fingerprint density at radius 2 is 2.15 bits per heavy atom. The summed E-state index contributed by atoms with van der Waals surface area (Å²) in [5, 5.41) is 0. The van der Waals surface area contributed by atoms with Crippen LogP contribution in [0.3, 0.4) is 0 Å². The van der Waals surface area contributed by atoms with Crippen LogP contribution in [0.5, 0.6) is 0 Å². The van der Waals surface area contributed by atoms with Gasteiger partial charge in [0.15, 0.2) is 0 Å². The van der Waals surface area contributed by atoms with Crippen LogP contribution in [0.2, 0.25) is 0 Å². The normalized spacial score (nSPS) is 22.3. The number of hydrogen-bond acceptors (Lipinski definition) is 5. The van der Waals surface area contributed by atoms with Crippen LogP contribution >= 0.6 is 11.3 Å². The lowest BCUT2D eigenvalue weighted by atomic mass is 10.1. The van der Waals surface area contributed by atoms with Crippen molar-refractivity contribution in [2.24, 2.45) is 5.73 Å². The highest BCUT2D eigenvalue weighted by atomic mass is 32.2. The van der Waals surface area contributed by atoms with Gasteiger partial charge in [0, 0.05) is 37.1 Å². The van der Waals surface area contributed by atoms with Gasteiger partial charge in [-0.15, -0.1) is 11.3 Å². The molecule has 20 heavy (non-hydrogen) atoms.